The first-order valence-corrected chi connectivity index (χ1v) is 10.7. The topological polar surface area (TPSA) is 81.2 Å². The Labute approximate surface area is 190 Å². The van der Waals surface area contributed by atoms with Crippen molar-refractivity contribution in [1.82, 2.24) is 20.1 Å². The van der Waals surface area contributed by atoms with Gasteiger partial charge < -0.3 is 14.8 Å². The Balaban J connectivity index is 1.33. The normalized spacial score (nSPS) is 14.0. The number of benzene rings is 2. The Morgan fingerprint density at radius 1 is 1.32 bits per heavy atom. The first-order chi connectivity index (χ1) is 14.8. The molecule has 0 saturated carbocycles. The van der Waals surface area contributed by atoms with Crippen molar-refractivity contribution in [2.45, 2.75) is 32.4 Å². The number of carbonyl (C=O) groups excluding carboxylic acids is 1. The number of ether oxygens (including phenoxy) is 2. The largest absolute Gasteiger partial charge is 0.488 e. The highest BCUT2D eigenvalue weighted by molar-refractivity contribution is 7.71. The molecule has 162 valence electrons. The molecule has 0 atom stereocenters. The van der Waals surface area contributed by atoms with Crippen LogP contribution in [0.5, 0.6) is 11.5 Å². The minimum Gasteiger partial charge on any atom is -0.488 e. The average Bonchev–Trinajstić information content (AvgIpc) is 3.24. The summed E-state index contributed by atoms with van der Waals surface area (Å²) in [5.74, 6) is 1.87. The third kappa shape index (κ3) is 4.91. The summed E-state index contributed by atoms with van der Waals surface area (Å²) in [6.07, 6.45) is 0.845. The second kappa shape index (κ2) is 8.72. The Bertz CT molecular complexity index is 1150. The molecule has 0 aliphatic carbocycles. The standard InChI is InChI=1S/C22H23ClN4O3S/c1-22(2)12-15-4-3-5-17(19(15)30-22)29-11-10-24-18(28)13-27-20(25-26-21(27)31)14-6-8-16(23)9-7-14/h3-9H,10-13H2,1-2H3,(H,24,28)(H,26,31). The Morgan fingerprint density at radius 3 is 2.87 bits per heavy atom. The highest BCUT2D eigenvalue weighted by Gasteiger charge is 2.32. The maximum Gasteiger partial charge on any atom is 0.240 e. The van der Waals surface area contributed by atoms with E-state index < -0.39 is 0 Å². The van der Waals surface area contributed by atoms with Crippen LogP contribution in [-0.4, -0.2) is 39.4 Å². The second-order valence-corrected chi connectivity index (χ2v) is 8.75. The fourth-order valence-electron chi connectivity index (χ4n) is 3.54. The Kier molecular flexibility index (Phi) is 6.02. The molecule has 1 aliphatic heterocycles. The van der Waals surface area contributed by atoms with Crippen molar-refractivity contribution in [3.63, 3.8) is 0 Å². The number of carbonyl (C=O) groups is 1. The number of fused-ring (bicyclic) bond motifs is 1. The molecule has 2 aromatic carbocycles. The summed E-state index contributed by atoms with van der Waals surface area (Å²) in [5, 5.41) is 10.5. The molecular formula is C22H23ClN4O3S. The van der Waals surface area contributed by atoms with Crippen LogP contribution in [0.3, 0.4) is 0 Å². The number of H-pyrrole nitrogens is 1. The molecule has 0 radical (unpaired) electrons. The Hall–Kier alpha value is -2.84. The molecule has 31 heavy (non-hydrogen) atoms. The molecule has 0 saturated heterocycles. The van der Waals surface area contributed by atoms with Gasteiger partial charge in [0.15, 0.2) is 22.1 Å². The van der Waals surface area contributed by atoms with Crippen molar-refractivity contribution in [3.8, 4) is 22.9 Å². The number of aromatic nitrogens is 3. The number of rotatable bonds is 7. The third-order valence-corrected chi connectivity index (χ3v) is 5.46. The highest BCUT2D eigenvalue weighted by atomic mass is 35.5. The highest BCUT2D eigenvalue weighted by Crippen LogP contribution is 2.41. The monoisotopic (exact) mass is 458 g/mol. The van der Waals surface area contributed by atoms with Crippen LogP contribution >= 0.6 is 23.8 Å². The smallest absolute Gasteiger partial charge is 0.240 e. The fourth-order valence-corrected chi connectivity index (χ4v) is 3.86. The maximum absolute atomic E-state index is 12.5. The molecule has 0 spiro atoms. The van der Waals surface area contributed by atoms with Crippen LogP contribution in [0, 0.1) is 4.77 Å². The van der Waals surface area contributed by atoms with Gasteiger partial charge in [0.05, 0.1) is 6.54 Å². The van der Waals surface area contributed by atoms with Crippen molar-refractivity contribution >= 4 is 29.7 Å². The summed E-state index contributed by atoms with van der Waals surface area (Å²) in [4.78, 5) is 12.5. The lowest BCUT2D eigenvalue weighted by atomic mass is 10.0. The minimum absolute atomic E-state index is 0.0470. The minimum atomic E-state index is -0.235. The van der Waals surface area contributed by atoms with Crippen molar-refractivity contribution in [3.05, 3.63) is 57.8 Å². The molecule has 2 heterocycles. The molecule has 4 rings (SSSR count). The third-order valence-electron chi connectivity index (χ3n) is 4.90. The van der Waals surface area contributed by atoms with Crippen LogP contribution in [0.4, 0.5) is 0 Å². The predicted octanol–water partition coefficient (Wildman–Crippen LogP) is 4.17. The van der Waals surface area contributed by atoms with Gasteiger partial charge in [-0.25, -0.2) is 0 Å². The zero-order chi connectivity index (χ0) is 22.0. The zero-order valence-corrected chi connectivity index (χ0v) is 18.8. The molecule has 3 aromatic rings. The molecule has 9 heteroatoms. The second-order valence-electron chi connectivity index (χ2n) is 7.93. The van der Waals surface area contributed by atoms with Gasteiger partial charge in [0, 0.05) is 22.6 Å². The van der Waals surface area contributed by atoms with Gasteiger partial charge in [-0.3, -0.25) is 14.5 Å². The summed E-state index contributed by atoms with van der Waals surface area (Å²) in [6.45, 7) is 4.83. The van der Waals surface area contributed by atoms with Crippen LogP contribution in [0.2, 0.25) is 5.02 Å². The van der Waals surface area contributed by atoms with Crippen LogP contribution in [0.15, 0.2) is 42.5 Å². The Morgan fingerprint density at radius 2 is 2.10 bits per heavy atom. The van der Waals surface area contributed by atoms with Crippen LogP contribution in [0.25, 0.3) is 11.4 Å². The van der Waals surface area contributed by atoms with Crippen molar-refractivity contribution < 1.29 is 14.3 Å². The molecule has 0 fully saturated rings. The van der Waals surface area contributed by atoms with E-state index in [0.717, 1.165) is 23.3 Å². The molecule has 7 nitrogen and oxygen atoms in total. The summed E-state index contributed by atoms with van der Waals surface area (Å²) >= 11 is 11.2. The average molecular weight is 459 g/mol. The number of nitrogens with one attached hydrogen (secondary N) is 2. The van der Waals surface area contributed by atoms with E-state index in [2.05, 4.69) is 29.4 Å². The van der Waals surface area contributed by atoms with Gasteiger partial charge in [-0.1, -0.05) is 23.7 Å². The van der Waals surface area contributed by atoms with Gasteiger partial charge >= 0.3 is 0 Å². The van der Waals surface area contributed by atoms with Gasteiger partial charge in [0.1, 0.15) is 18.8 Å². The first-order valence-electron chi connectivity index (χ1n) is 9.94. The van der Waals surface area contributed by atoms with Crippen LogP contribution in [0.1, 0.15) is 19.4 Å². The van der Waals surface area contributed by atoms with E-state index in [1.54, 1.807) is 16.7 Å². The van der Waals surface area contributed by atoms with Gasteiger partial charge in [-0.05, 0) is 56.4 Å². The first kappa shape index (κ1) is 21.4. The number of hydrogen-bond donors (Lipinski definition) is 2. The maximum atomic E-state index is 12.5. The lowest BCUT2D eigenvalue weighted by Gasteiger charge is -2.18. The molecule has 0 bridgehead atoms. The van der Waals surface area contributed by atoms with E-state index in [-0.39, 0.29) is 18.1 Å². The fraction of sp³-hybridized carbons (Fsp3) is 0.318. The van der Waals surface area contributed by atoms with Crippen molar-refractivity contribution in [1.29, 1.82) is 0 Å². The number of hydrogen-bond acceptors (Lipinski definition) is 5. The summed E-state index contributed by atoms with van der Waals surface area (Å²) in [7, 11) is 0. The lowest BCUT2D eigenvalue weighted by Crippen LogP contribution is -2.31. The van der Waals surface area contributed by atoms with E-state index >= 15 is 0 Å². The van der Waals surface area contributed by atoms with Crippen LogP contribution < -0.4 is 14.8 Å². The molecular weight excluding hydrogens is 436 g/mol. The molecule has 1 aliphatic rings. The van der Waals surface area contributed by atoms with E-state index in [9.17, 15) is 4.79 Å². The molecule has 1 amide bonds. The summed E-state index contributed by atoms with van der Waals surface area (Å²) in [5.41, 5.74) is 1.71. The van der Waals surface area contributed by atoms with E-state index in [1.165, 1.54) is 0 Å². The zero-order valence-electron chi connectivity index (χ0n) is 17.3. The number of aromatic amines is 1. The molecule has 1 aromatic heterocycles. The van der Waals surface area contributed by atoms with Crippen molar-refractivity contribution in [2.75, 3.05) is 13.2 Å². The quantitative estimate of drug-likeness (QED) is 0.410. The van der Waals surface area contributed by atoms with Gasteiger partial charge in [0.2, 0.25) is 5.91 Å². The van der Waals surface area contributed by atoms with E-state index in [1.807, 2.05) is 30.3 Å². The van der Waals surface area contributed by atoms with Crippen LogP contribution in [-0.2, 0) is 17.8 Å². The predicted molar refractivity (Wildman–Crippen MR) is 121 cm³/mol. The van der Waals surface area contributed by atoms with E-state index in [4.69, 9.17) is 33.3 Å². The number of para-hydroxylation sites is 1. The molecule has 0 unspecified atom stereocenters. The number of halogens is 1. The summed E-state index contributed by atoms with van der Waals surface area (Å²) < 4.78 is 13.9. The summed E-state index contributed by atoms with van der Waals surface area (Å²) in [6, 6.07) is 13.1. The van der Waals surface area contributed by atoms with Crippen molar-refractivity contribution in [2.24, 2.45) is 0 Å². The van der Waals surface area contributed by atoms with Gasteiger partial charge in [0.25, 0.3) is 0 Å². The molecule has 2 N–H and O–H groups in total. The van der Waals surface area contributed by atoms with Gasteiger partial charge in [-0.15, -0.1) is 0 Å². The number of nitrogens with zero attached hydrogens (tertiary/aromatic N) is 2. The SMILES string of the molecule is CC1(C)Cc2cccc(OCCNC(=O)Cn3c(-c4ccc(Cl)cc4)n[nH]c3=S)c2O1. The van der Waals surface area contributed by atoms with E-state index in [0.29, 0.717) is 34.5 Å². The number of amides is 1. The van der Waals surface area contributed by atoms with Gasteiger partial charge in [-0.2, -0.15) is 5.10 Å². The lowest BCUT2D eigenvalue weighted by molar-refractivity contribution is -0.121.